The summed E-state index contributed by atoms with van der Waals surface area (Å²) in [4.78, 5) is 8.98. The normalized spacial score (nSPS) is 14.9. The highest BCUT2D eigenvalue weighted by atomic mass is 79.9. The molecule has 20 heavy (non-hydrogen) atoms. The third-order valence-electron chi connectivity index (χ3n) is 3.74. The Hall–Kier alpha value is -1.68. The van der Waals surface area contributed by atoms with Gasteiger partial charge in [0.15, 0.2) is 0 Å². The molecule has 0 aliphatic carbocycles. The van der Waals surface area contributed by atoms with Gasteiger partial charge >= 0.3 is 0 Å². The maximum Gasteiger partial charge on any atom is 0.128 e. The summed E-state index contributed by atoms with van der Waals surface area (Å²) in [5, 5.41) is 4.54. The fraction of sp³-hybridized carbons (Fsp3) is 0.250. The summed E-state index contributed by atoms with van der Waals surface area (Å²) < 4.78 is 1.10. The van der Waals surface area contributed by atoms with Crippen LogP contribution in [0, 0.1) is 6.92 Å². The molecule has 0 radical (unpaired) electrons. The SMILES string of the molecule is CC1=C(C)C(Nc2ccnc3cc(C)c(Br)cc23)=NC1. The molecule has 0 unspecified atom stereocenters. The zero-order chi connectivity index (χ0) is 14.3. The fourth-order valence-corrected chi connectivity index (χ4v) is 2.62. The van der Waals surface area contributed by atoms with Gasteiger partial charge in [-0.2, -0.15) is 0 Å². The quantitative estimate of drug-likeness (QED) is 0.838. The van der Waals surface area contributed by atoms with Crippen molar-refractivity contribution in [2.24, 2.45) is 4.99 Å². The number of hydrogen-bond donors (Lipinski definition) is 1. The van der Waals surface area contributed by atoms with Gasteiger partial charge in [0.05, 0.1) is 17.7 Å². The van der Waals surface area contributed by atoms with E-state index in [1.807, 2.05) is 12.3 Å². The Bertz CT molecular complexity index is 760. The summed E-state index contributed by atoms with van der Waals surface area (Å²) >= 11 is 3.59. The van der Waals surface area contributed by atoms with Crippen LogP contribution in [-0.2, 0) is 0 Å². The summed E-state index contributed by atoms with van der Waals surface area (Å²) in [6.07, 6.45) is 1.83. The van der Waals surface area contributed by atoms with E-state index < -0.39 is 0 Å². The zero-order valence-electron chi connectivity index (χ0n) is 11.8. The number of nitrogens with one attached hydrogen (secondary N) is 1. The van der Waals surface area contributed by atoms with Gasteiger partial charge in [0.1, 0.15) is 5.84 Å². The lowest BCUT2D eigenvalue weighted by Crippen LogP contribution is -2.11. The minimum Gasteiger partial charge on any atom is -0.340 e. The van der Waals surface area contributed by atoms with Gasteiger partial charge in [-0.1, -0.05) is 15.9 Å². The third kappa shape index (κ3) is 2.24. The first-order valence-electron chi connectivity index (χ1n) is 6.59. The van der Waals surface area contributed by atoms with Gasteiger partial charge in [-0.3, -0.25) is 9.98 Å². The van der Waals surface area contributed by atoms with Crippen molar-refractivity contribution in [2.75, 3.05) is 11.9 Å². The van der Waals surface area contributed by atoms with Crippen LogP contribution in [-0.4, -0.2) is 17.4 Å². The number of halogens is 1. The fourth-order valence-electron chi connectivity index (χ4n) is 2.28. The molecule has 2 aromatic rings. The minimum atomic E-state index is 0.792. The molecule has 4 heteroatoms. The molecule has 0 fully saturated rings. The van der Waals surface area contributed by atoms with Crippen LogP contribution in [0.3, 0.4) is 0 Å². The molecule has 1 aliphatic rings. The molecule has 0 amide bonds. The summed E-state index contributed by atoms with van der Waals surface area (Å²) in [5.74, 6) is 0.965. The lowest BCUT2D eigenvalue weighted by Gasteiger charge is -2.11. The smallest absolute Gasteiger partial charge is 0.128 e. The van der Waals surface area contributed by atoms with E-state index in [9.17, 15) is 0 Å². The molecule has 2 heterocycles. The van der Waals surface area contributed by atoms with Crippen molar-refractivity contribution >= 4 is 38.4 Å². The lowest BCUT2D eigenvalue weighted by molar-refractivity contribution is 1.16. The van der Waals surface area contributed by atoms with E-state index in [-0.39, 0.29) is 0 Å². The molecule has 1 aromatic carbocycles. The van der Waals surface area contributed by atoms with Gasteiger partial charge in [-0.25, -0.2) is 0 Å². The second-order valence-electron chi connectivity index (χ2n) is 5.17. The van der Waals surface area contributed by atoms with E-state index in [4.69, 9.17) is 0 Å². The Kier molecular flexibility index (Phi) is 3.34. The van der Waals surface area contributed by atoms with Crippen LogP contribution in [0.1, 0.15) is 19.4 Å². The minimum absolute atomic E-state index is 0.792. The molecular weight excluding hydrogens is 314 g/mol. The second kappa shape index (κ2) is 5.02. The molecular formula is C16H16BrN3. The highest BCUT2D eigenvalue weighted by Crippen LogP contribution is 2.28. The number of hydrogen-bond acceptors (Lipinski definition) is 3. The van der Waals surface area contributed by atoms with Gasteiger partial charge in [0.25, 0.3) is 0 Å². The third-order valence-corrected chi connectivity index (χ3v) is 4.60. The highest BCUT2D eigenvalue weighted by Gasteiger charge is 2.14. The number of pyridine rings is 1. The van der Waals surface area contributed by atoms with Crippen LogP contribution in [0.15, 0.2) is 45.0 Å². The first kappa shape index (κ1) is 13.3. The molecule has 3 rings (SSSR count). The Morgan fingerprint density at radius 2 is 2.00 bits per heavy atom. The average Bonchev–Trinajstić information content (AvgIpc) is 2.73. The van der Waals surface area contributed by atoms with Crippen LogP contribution < -0.4 is 5.32 Å². The van der Waals surface area contributed by atoms with E-state index in [0.29, 0.717) is 0 Å². The maximum absolute atomic E-state index is 4.54. The number of aliphatic imine (C=N–C) groups is 1. The number of rotatable bonds is 1. The monoisotopic (exact) mass is 329 g/mol. The second-order valence-corrected chi connectivity index (χ2v) is 6.03. The molecule has 0 bridgehead atoms. The van der Waals surface area contributed by atoms with Crippen LogP contribution in [0.4, 0.5) is 5.69 Å². The Balaban J connectivity index is 2.07. The van der Waals surface area contributed by atoms with E-state index >= 15 is 0 Å². The lowest BCUT2D eigenvalue weighted by atomic mass is 10.1. The Morgan fingerprint density at radius 3 is 2.70 bits per heavy atom. The van der Waals surface area contributed by atoms with Crippen molar-refractivity contribution in [3.8, 4) is 0 Å². The molecule has 1 N–H and O–H groups in total. The molecule has 0 saturated carbocycles. The molecule has 0 saturated heterocycles. The van der Waals surface area contributed by atoms with Gasteiger partial charge in [-0.15, -0.1) is 0 Å². The summed E-state index contributed by atoms with van der Waals surface area (Å²) in [7, 11) is 0. The Morgan fingerprint density at radius 1 is 1.20 bits per heavy atom. The van der Waals surface area contributed by atoms with Crippen LogP contribution >= 0.6 is 15.9 Å². The molecule has 1 aromatic heterocycles. The number of anilines is 1. The highest BCUT2D eigenvalue weighted by molar-refractivity contribution is 9.10. The Labute approximate surface area is 127 Å². The van der Waals surface area contributed by atoms with Crippen LogP contribution in [0.5, 0.6) is 0 Å². The molecule has 0 atom stereocenters. The summed E-state index contributed by atoms with van der Waals surface area (Å²) in [6, 6.07) is 6.20. The van der Waals surface area contributed by atoms with Gasteiger partial charge in [0.2, 0.25) is 0 Å². The van der Waals surface area contributed by atoms with E-state index in [1.54, 1.807) is 0 Å². The summed E-state index contributed by atoms with van der Waals surface area (Å²) in [5.41, 5.74) is 5.78. The molecule has 3 nitrogen and oxygen atoms in total. The van der Waals surface area contributed by atoms with Crippen LogP contribution in [0.25, 0.3) is 10.9 Å². The van der Waals surface area contributed by atoms with Gasteiger partial charge < -0.3 is 5.32 Å². The predicted octanol–water partition coefficient (Wildman–Crippen LogP) is 4.47. The summed E-state index contributed by atoms with van der Waals surface area (Å²) in [6.45, 7) is 7.10. The molecule has 102 valence electrons. The molecule has 1 aliphatic heterocycles. The number of nitrogens with zero attached hydrogens (tertiary/aromatic N) is 2. The van der Waals surface area contributed by atoms with Crippen molar-refractivity contribution in [1.82, 2.24) is 4.98 Å². The van der Waals surface area contributed by atoms with E-state index in [2.05, 4.69) is 64.1 Å². The molecule has 0 spiro atoms. The average molecular weight is 330 g/mol. The zero-order valence-corrected chi connectivity index (χ0v) is 13.4. The largest absolute Gasteiger partial charge is 0.340 e. The van der Waals surface area contributed by atoms with Crippen molar-refractivity contribution in [2.45, 2.75) is 20.8 Å². The van der Waals surface area contributed by atoms with E-state index in [1.165, 1.54) is 16.7 Å². The maximum atomic E-state index is 4.54. The number of aromatic nitrogens is 1. The van der Waals surface area contributed by atoms with E-state index in [0.717, 1.165) is 33.4 Å². The van der Waals surface area contributed by atoms with Gasteiger partial charge in [0, 0.05) is 16.1 Å². The van der Waals surface area contributed by atoms with Crippen molar-refractivity contribution in [3.63, 3.8) is 0 Å². The number of aryl methyl sites for hydroxylation is 1. The van der Waals surface area contributed by atoms with Gasteiger partial charge in [-0.05, 0) is 55.7 Å². The topological polar surface area (TPSA) is 37.3 Å². The number of benzene rings is 1. The number of fused-ring (bicyclic) bond motifs is 1. The number of amidine groups is 1. The first-order chi connectivity index (χ1) is 9.56. The van der Waals surface area contributed by atoms with Crippen molar-refractivity contribution in [1.29, 1.82) is 0 Å². The van der Waals surface area contributed by atoms with Crippen LogP contribution in [0.2, 0.25) is 0 Å². The first-order valence-corrected chi connectivity index (χ1v) is 7.38. The standard InChI is InChI=1S/C16H16BrN3/c1-9-6-15-12(7-13(9)17)14(4-5-18-15)20-16-11(3)10(2)8-19-16/h4-7H,8H2,1-3H3,(H,18,19,20). The van der Waals surface area contributed by atoms with Crippen molar-refractivity contribution in [3.05, 3.63) is 45.6 Å². The van der Waals surface area contributed by atoms with Crippen molar-refractivity contribution < 1.29 is 0 Å². The predicted molar refractivity (Wildman–Crippen MR) is 88.5 cm³/mol.